The Balaban J connectivity index is 2.10. The van der Waals surface area contributed by atoms with Crippen LogP contribution in [-0.2, 0) is 6.42 Å². The average Bonchev–Trinajstić information content (AvgIpc) is 2.64. The van der Waals surface area contributed by atoms with Crippen LogP contribution in [0.2, 0.25) is 5.02 Å². The molecule has 0 saturated carbocycles. The molecule has 1 atom stereocenters. The number of rotatable bonds is 2. The summed E-state index contributed by atoms with van der Waals surface area (Å²) in [7, 11) is 0. The summed E-state index contributed by atoms with van der Waals surface area (Å²) >= 11 is 5.98. The van der Waals surface area contributed by atoms with Crippen LogP contribution in [0.15, 0.2) is 18.2 Å². The second-order valence-corrected chi connectivity index (χ2v) is 4.14. The van der Waals surface area contributed by atoms with E-state index in [1.165, 1.54) is 18.6 Å². The predicted octanol–water partition coefficient (Wildman–Crippen LogP) is 2.77. The van der Waals surface area contributed by atoms with E-state index in [0.717, 1.165) is 24.9 Å². The van der Waals surface area contributed by atoms with Gasteiger partial charge in [0.1, 0.15) is 5.82 Å². The summed E-state index contributed by atoms with van der Waals surface area (Å²) in [6.07, 6.45) is 3.20. The van der Waals surface area contributed by atoms with Crippen molar-refractivity contribution < 1.29 is 4.39 Å². The third kappa shape index (κ3) is 2.25. The first kappa shape index (κ1) is 9.94. The summed E-state index contributed by atoms with van der Waals surface area (Å²) in [4.78, 5) is 0. The summed E-state index contributed by atoms with van der Waals surface area (Å²) in [5.41, 5.74) is 0.908. The molecule has 2 rings (SSSR count). The van der Waals surface area contributed by atoms with E-state index in [1.54, 1.807) is 6.07 Å². The molecule has 0 aromatic heterocycles. The second-order valence-electron chi connectivity index (χ2n) is 3.73. The topological polar surface area (TPSA) is 12.0 Å². The van der Waals surface area contributed by atoms with Gasteiger partial charge in [0, 0.05) is 11.1 Å². The van der Waals surface area contributed by atoms with Gasteiger partial charge in [-0.1, -0.05) is 11.6 Å². The molecule has 0 amide bonds. The molecule has 1 fully saturated rings. The Bertz CT molecular complexity index is 321. The van der Waals surface area contributed by atoms with Gasteiger partial charge < -0.3 is 5.32 Å². The van der Waals surface area contributed by atoms with E-state index in [-0.39, 0.29) is 5.82 Å². The summed E-state index contributed by atoms with van der Waals surface area (Å²) in [6.45, 7) is 1.07. The Morgan fingerprint density at radius 1 is 1.50 bits per heavy atom. The van der Waals surface area contributed by atoms with E-state index >= 15 is 0 Å². The van der Waals surface area contributed by atoms with Crippen LogP contribution in [0, 0.1) is 5.82 Å². The fourth-order valence-corrected chi connectivity index (χ4v) is 2.09. The van der Waals surface area contributed by atoms with Crippen LogP contribution in [0.3, 0.4) is 0 Å². The molecular formula is C11H13ClFN. The van der Waals surface area contributed by atoms with Crippen LogP contribution in [0.5, 0.6) is 0 Å². The Hall–Kier alpha value is -0.600. The maximum Gasteiger partial charge on any atom is 0.123 e. The number of benzene rings is 1. The molecule has 1 N–H and O–H groups in total. The van der Waals surface area contributed by atoms with Gasteiger partial charge >= 0.3 is 0 Å². The highest BCUT2D eigenvalue weighted by molar-refractivity contribution is 6.31. The molecule has 1 nitrogen and oxygen atoms in total. The van der Waals surface area contributed by atoms with E-state index in [2.05, 4.69) is 5.32 Å². The van der Waals surface area contributed by atoms with Gasteiger partial charge in [-0.05, 0) is 49.6 Å². The highest BCUT2D eigenvalue weighted by Gasteiger charge is 2.15. The van der Waals surface area contributed by atoms with Crippen molar-refractivity contribution in [2.45, 2.75) is 25.3 Å². The molecule has 14 heavy (non-hydrogen) atoms. The lowest BCUT2D eigenvalue weighted by Crippen LogP contribution is -2.23. The van der Waals surface area contributed by atoms with Crippen molar-refractivity contribution in [1.82, 2.24) is 5.32 Å². The fourth-order valence-electron chi connectivity index (χ4n) is 1.90. The first-order valence-corrected chi connectivity index (χ1v) is 5.31. The summed E-state index contributed by atoms with van der Waals surface area (Å²) < 4.78 is 12.9. The Morgan fingerprint density at radius 3 is 3.07 bits per heavy atom. The molecule has 1 aliphatic heterocycles. The van der Waals surface area contributed by atoms with Crippen molar-refractivity contribution >= 4 is 11.6 Å². The first-order chi connectivity index (χ1) is 6.75. The first-order valence-electron chi connectivity index (χ1n) is 4.93. The standard InChI is InChI=1S/C11H13ClFN/c12-11-4-3-9(13)6-8(11)7-10-2-1-5-14-10/h3-4,6,10,14H,1-2,5,7H2. The highest BCUT2D eigenvalue weighted by atomic mass is 35.5. The lowest BCUT2D eigenvalue weighted by molar-refractivity contribution is 0.593. The molecule has 0 spiro atoms. The number of nitrogens with one attached hydrogen (secondary N) is 1. The summed E-state index contributed by atoms with van der Waals surface area (Å²) in [5, 5.41) is 4.04. The fraction of sp³-hybridized carbons (Fsp3) is 0.455. The van der Waals surface area contributed by atoms with E-state index in [1.807, 2.05) is 0 Å². The van der Waals surface area contributed by atoms with Crippen molar-refractivity contribution in [1.29, 1.82) is 0 Å². The maximum atomic E-state index is 12.9. The third-order valence-electron chi connectivity index (χ3n) is 2.64. The van der Waals surface area contributed by atoms with E-state index in [9.17, 15) is 4.39 Å². The van der Waals surface area contributed by atoms with Crippen molar-refractivity contribution in [3.63, 3.8) is 0 Å². The molecule has 1 aliphatic rings. The zero-order valence-electron chi connectivity index (χ0n) is 7.89. The Morgan fingerprint density at radius 2 is 2.36 bits per heavy atom. The van der Waals surface area contributed by atoms with Crippen molar-refractivity contribution in [2.24, 2.45) is 0 Å². The Kier molecular flexibility index (Phi) is 3.04. The van der Waals surface area contributed by atoms with Gasteiger partial charge in [0.25, 0.3) is 0 Å². The molecule has 76 valence electrons. The maximum absolute atomic E-state index is 12.9. The minimum Gasteiger partial charge on any atom is -0.314 e. The predicted molar refractivity (Wildman–Crippen MR) is 56.1 cm³/mol. The van der Waals surface area contributed by atoms with Crippen LogP contribution in [0.1, 0.15) is 18.4 Å². The minimum atomic E-state index is -0.206. The van der Waals surface area contributed by atoms with Gasteiger partial charge in [-0.25, -0.2) is 4.39 Å². The monoisotopic (exact) mass is 213 g/mol. The molecule has 0 aliphatic carbocycles. The lowest BCUT2D eigenvalue weighted by Gasteiger charge is -2.11. The van der Waals surface area contributed by atoms with Crippen molar-refractivity contribution in [3.8, 4) is 0 Å². The lowest BCUT2D eigenvalue weighted by atomic mass is 10.0. The average molecular weight is 214 g/mol. The molecule has 0 bridgehead atoms. The number of hydrogen-bond donors (Lipinski definition) is 1. The van der Waals surface area contributed by atoms with Gasteiger partial charge in [-0.2, -0.15) is 0 Å². The van der Waals surface area contributed by atoms with Gasteiger partial charge in [-0.15, -0.1) is 0 Å². The zero-order chi connectivity index (χ0) is 9.97. The molecule has 1 heterocycles. The minimum absolute atomic E-state index is 0.206. The Labute approximate surface area is 88.3 Å². The molecular weight excluding hydrogens is 201 g/mol. The van der Waals surface area contributed by atoms with Crippen molar-refractivity contribution in [2.75, 3.05) is 6.54 Å². The van der Waals surface area contributed by atoms with E-state index in [4.69, 9.17) is 11.6 Å². The molecule has 1 aromatic carbocycles. The van der Waals surface area contributed by atoms with Crippen LogP contribution < -0.4 is 5.32 Å². The van der Waals surface area contributed by atoms with E-state index < -0.39 is 0 Å². The quantitative estimate of drug-likeness (QED) is 0.797. The molecule has 1 saturated heterocycles. The number of halogens is 2. The van der Waals surface area contributed by atoms with Gasteiger partial charge in [-0.3, -0.25) is 0 Å². The largest absolute Gasteiger partial charge is 0.314 e. The zero-order valence-corrected chi connectivity index (χ0v) is 8.65. The van der Waals surface area contributed by atoms with Crippen LogP contribution >= 0.6 is 11.6 Å². The molecule has 0 radical (unpaired) electrons. The van der Waals surface area contributed by atoms with Crippen LogP contribution in [0.25, 0.3) is 0 Å². The smallest absolute Gasteiger partial charge is 0.123 e. The molecule has 3 heteroatoms. The molecule has 1 aromatic rings. The van der Waals surface area contributed by atoms with Gasteiger partial charge in [0.15, 0.2) is 0 Å². The highest BCUT2D eigenvalue weighted by Crippen LogP contribution is 2.20. The second kappa shape index (κ2) is 4.28. The van der Waals surface area contributed by atoms with Gasteiger partial charge in [0.2, 0.25) is 0 Å². The van der Waals surface area contributed by atoms with Crippen molar-refractivity contribution in [3.05, 3.63) is 34.6 Å². The number of hydrogen-bond acceptors (Lipinski definition) is 1. The van der Waals surface area contributed by atoms with Crippen LogP contribution in [0.4, 0.5) is 4.39 Å². The third-order valence-corrected chi connectivity index (χ3v) is 3.01. The molecule has 1 unspecified atom stereocenters. The SMILES string of the molecule is Fc1ccc(Cl)c(CC2CCCN2)c1. The summed E-state index contributed by atoms with van der Waals surface area (Å²) in [5.74, 6) is -0.206. The summed E-state index contributed by atoms with van der Waals surface area (Å²) in [6, 6.07) is 5.02. The van der Waals surface area contributed by atoms with Crippen LogP contribution in [-0.4, -0.2) is 12.6 Å². The normalized spacial score (nSPS) is 21.4. The van der Waals surface area contributed by atoms with E-state index in [0.29, 0.717) is 11.1 Å². The van der Waals surface area contributed by atoms with Gasteiger partial charge in [0.05, 0.1) is 0 Å².